The Morgan fingerprint density at radius 3 is 0.708 bits per heavy atom. The minimum atomic E-state index is -4.96. The Kier molecular flexibility index (Phi) is 68.7. The number of hydrogen-bond donors (Lipinski definition) is 3. The summed E-state index contributed by atoms with van der Waals surface area (Å²) in [6, 6.07) is 0. The molecule has 5 atom stereocenters. The van der Waals surface area contributed by atoms with Crippen molar-refractivity contribution in [3.05, 3.63) is 0 Å². The summed E-state index contributed by atoms with van der Waals surface area (Å²) in [4.78, 5) is 72.7. The van der Waals surface area contributed by atoms with Gasteiger partial charge in [0.2, 0.25) is 0 Å². The van der Waals surface area contributed by atoms with Gasteiger partial charge in [-0.15, -0.1) is 0 Å². The number of esters is 4. The van der Waals surface area contributed by atoms with Crippen LogP contribution in [0.25, 0.3) is 0 Å². The van der Waals surface area contributed by atoms with Crippen molar-refractivity contribution < 1.29 is 80.2 Å². The van der Waals surface area contributed by atoms with Crippen LogP contribution in [0.2, 0.25) is 0 Å². The molecular formula is C77H150O17P2. The summed E-state index contributed by atoms with van der Waals surface area (Å²) in [6.45, 7) is 7.19. The smallest absolute Gasteiger partial charge is 0.462 e. The van der Waals surface area contributed by atoms with Gasteiger partial charge in [0.25, 0.3) is 0 Å². The monoisotopic (exact) mass is 1410 g/mol. The molecule has 0 aromatic heterocycles. The van der Waals surface area contributed by atoms with E-state index in [0.717, 1.165) is 89.9 Å². The first-order valence-corrected chi connectivity index (χ1v) is 43.1. The predicted molar refractivity (Wildman–Crippen MR) is 391 cm³/mol. The SMILES string of the molecule is CCCCCCCCCCCCCCCCCCCCCCC(=O)O[C@H](COC(=O)CCCCCCCCCCCCCCCCCCCC)COP(=O)(O)OC[C@@H](O)COP(=O)(O)OC[C@@H](COC(=O)CCCCCCCCCCC)OC(=O)CCCCCCCCC(C)C. The molecule has 0 saturated carbocycles. The third-order valence-electron chi connectivity index (χ3n) is 18.0. The van der Waals surface area contributed by atoms with Crippen molar-refractivity contribution in [1.82, 2.24) is 0 Å². The molecule has 19 heteroatoms. The fraction of sp³-hybridized carbons (Fsp3) is 0.948. The number of aliphatic hydroxyl groups excluding tert-OH is 1. The molecule has 2 unspecified atom stereocenters. The summed E-state index contributed by atoms with van der Waals surface area (Å²) < 4.78 is 68.4. The lowest BCUT2D eigenvalue weighted by Crippen LogP contribution is -2.30. The van der Waals surface area contributed by atoms with E-state index in [2.05, 4.69) is 34.6 Å². The Bertz CT molecular complexity index is 1840. The zero-order valence-electron chi connectivity index (χ0n) is 62.5. The standard InChI is InChI=1S/C77H150O17P2/c1-6-9-12-15-18-21-23-25-27-29-31-32-34-36-38-40-43-46-52-57-62-76(81)93-72(66-88-75(80)61-56-51-45-42-39-37-35-33-30-28-26-24-22-19-16-13-10-7-2)68-91-95(83,84)89-64-71(78)65-90-96(85,86)92-69-73(94-77(82)63-58-53-48-47-49-54-59-70(4)5)67-87-74(79)60-55-50-44-41-20-17-14-11-8-3/h70-73,78H,6-69H2,1-5H3,(H,83,84)(H,85,86)/t71-,72-,73-/m1/s1. The van der Waals surface area contributed by atoms with Gasteiger partial charge in [-0.25, -0.2) is 9.13 Å². The van der Waals surface area contributed by atoms with Gasteiger partial charge in [-0.3, -0.25) is 37.3 Å². The average molecular weight is 1410 g/mol. The summed E-state index contributed by atoms with van der Waals surface area (Å²) in [5.41, 5.74) is 0. The van der Waals surface area contributed by atoms with Gasteiger partial charge in [0.05, 0.1) is 26.4 Å². The van der Waals surface area contributed by atoms with Gasteiger partial charge in [0.1, 0.15) is 19.3 Å². The summed E-state index contributed by atoms with van der Waals surface area (Å²) in [5, 5.41) is 10.6. The van der Waals surface area contributed by atoms with Crippen molar-refractivity contribution in [2.45, 2.75) is 425 Å². The lowest BCUT2D eigenvalue weighted by molar-refractivity contribution is -0.161. The topological polar surface area (TPSA) is 237 Å². The molecule has 96 heavy (non-hydrogen) atoms. The molecule has 0 radical (unpaired) electrons. The number of unbranched alkanes of at least 4 members (excludes halogenated alkanes) is 49. The van der Waals surface area contributed by atoms with E-state index in [9.17, 15) is 43.2 Å². The van der Waals surface area contributed by atoms with E-state index in [-0.39, 0.29) is 25.7 Å². The second-order valence-electron chi connectivity index (χ2n) is 28.2. The quantitative estimate of drug-likeness (QED) is 0.0222. The molecule has 17 nitrogen and oxygen atoms in total. The summed E-state index contributed by atoms with van der Waals surface area (Å²) in [5.74, 6) is -1.45. The molecule has 0 spiro atoms. The number of aliphatic hydroxyl groups is 1. The lowest BCUT2D eigenvalue weighted by Gasteiger charge is -2.21. The van der Waals surface area contributed by atoms with E-state index < -0.39 is 97.5 Å². The van der Waals surface area contributed by atoms with Gasteiger partial charge < -0.3 is 33.8 Å². The van der Waals surface area contributed by atoms with Gasteiger partial charge in [0.15, 0.2) is 12.2 Å². The number of phosphoric ester groups is 2. The Labute approximate surface area is 588 Å². The molecule has 0 amide bonds. The maximum atomic E-state index is 13.1. The molecule has 0 aliphatic rings. The molecule has 0 rings (SSSR count). The van der Waals surface area contributed by atoms with Crippen LogP contribution in [0.1, 0.15) is 407 Å². The second-order valence-corrected chi connectivity index (χ2v) is 31.1. The van der Waals surface area contributed by atoms with Gasteiger partial charge in [-0.2, -0.15) is 0 Å². The van der Waals surface area contributed by atoms with Crippen molar-refractivity contribution >= 4 is 39.5 Å². The van der Waals surface area contributed by atoms with Gasteiger partial charge in [0, 0.05) is 25.7 Å². The van der Waals surface area contributed by atoms with Crippen LogP contribution < -0.4 is 0 Å². The molecule has 570 valence electrons. The van der Waals surface area contributed by atoms with Crippen LogP contribution in [0, 0.1) is 5.92 Å². The highest BCUT2D eigenvalue weighted by molar-refractivity contribution is 7.47. The predicted octanol–water partition coefficient (Wildman–Crippen LogP) is 22.9. The third-order valence-corrected chi connectivity index (χ3v) is 19.9. The number of hydrogen-bond acceptors (Lipinski definition) is 15. The number of carbonyl (C=O) groups excluding carboxylic acids is 4. The van der Waals surface area contributed by atoms with Crippen LogP contribution in [-0.4, -0.2) is 96.7 Å². The first-order chi connectivity index (χ1) is 46.5. The van der Waals surface area contributed by atoms with Gasteiger partial charge in [-0.05, 0) is 31.6 Å². The molecule has 0 bridgehead atoms. The van der Waals surface area contributed by atoms with Crippen LogP contribution in [-0.2, 0) is 65.4 Å². The number of rotatable bonds is 77. The molecule has 0 heterocycles. The van der Waals surface area contributed by atoms with E-state index in [1.165, 1.54) is 231 Å². The van der Waals surface area contributed by atoms with Crippen LogP contribution in [0.15, 0.2) is 0 Å². The maximum Gasteiger partial charge on any atom is 0.472 e. The third kappa shape index (κ3) is 70.5. The number of ether oxygens (including phenoxy) is 4. The second kappa shape index (κ2) is 70.1. The molecule has 3 N–H and O–H groups in total. The van der Waals surface area contributed by atoms with E-state index in [1.807, 2.05) is 0 Å². The average Bonchev–Trinajstić information content (AvgIpc) is 1.28. The highest BCUT2D eigenvalue weighted by Crippen LogP contribution is 2.45. The Hall–Kier alpha value is -1.94. The minimum Gasteiger partial charge on any atom is -0.462 e. The van der Waals surface area contributed by atoms with Crippen LogP contribution >= 0.6 is 15.6 Å². The maximum absolute atomic E-state index is 13.1. The van der Waals surface area contributed by atoms with E-state index in [4.69, 9.17) is 37.0 Å². The molecule has 0 aliphatic carbocycles. The minimum absolute atomic E-state index is 0.103. The van der Waals surface area contributed by atoms with Crippen molar-refractivity contribution in [1.29, 1.82) is 0 Å². The van der Waals surface area contributed by atoms with Crippen LogP contribution in [0.4, 0.5) is 0 Å². The fourth-order valence-electron chi connectivity index (χ4n) is 11.9. The van der Waals surface area contributed by atoms with Crippen LogP contribution in [0.3, 0.4) is 0 Å². The number of carbonyl (C=O) groups is 4. The van der Waals surface area contributed by atoms with Crippen molar-refractivity contribution in [2.75, 3.05) is 39.6 Å². The zero-order valence-corrected chi connectivity index (χ0v) is 64.3. The molecule has 0 aromatic rings. The first-order valence-electron chi connectivity index (χ1n) is 40.1. The van der Waals surface area contributed by atoms with Crippen molar-refractivity contribution in [2.24, 2.45) is 5.92 Å². The molecule has 0 aliphatic heterocycles. The number of phosphoric acid groups is 2. The zero-order chi connectivity index (χ0) is 70.5. The van der Waals surface area contributed by atoms with E-state index in [0.29, 0.717) is 31.6 Å². The fourth-order valence-corrected chi connectivity index (χ4v) is 13.5. The Morgan fingerprint density at radius 2 is 0.479 bits per heavy atom. The Morgan fingerprint density at radius 1 is 0.281 bits per heavy atom. The highest BCUT2D eigenvalue weighted by atomic mass is 31.2. The summed E-state index contributed by atoms with van der Waals surface area (Å²) in [6.07, 6.45) is 60.0. The molecule has 0 aromatic carbocycles. The summed E-state index contributed by atoms with van der Waals surface area (Å²) in [7, 11) is -9.91. The highest BCUT2D eigenvalue weighted by Gasteiger charge is 2.30. The van der Waals surface area contributed by atoms with Crippen molar-refractivity contribution in [3.63, 3.8) is 0 Å². The molecular weight excluding hydrogens is 1260 g/mol. The lowest BCUT2D eigenvalue weighted by atomic mass is 10.0. The van der Waals surface area contributed by atoms with Crippen molar-refractivity contribution in [3.8, 4) is 0 Å². The summed E-state index contributed by atoms with van der Waals surface area (Å²) >= 11 is 0. The van der Waals surface area contributed by atoms with Crippen LogP contribution in [0.5, 0.6) is 0 Å². The molecule has 0 saturated heterocycles. The van der Waals surface area contributed by atoms with E-state index in [1.54, 1.807) is 0 Å². The molecule has 0 fully saturated rings. The van der Waals surface area contributed by atoms with Gasteiger partial charge >= 0.3 is 39.5 Å². The normalized spacial score (nSPS) is 13.9. The Balaban J connectivity index is 5.17. The first kappa shape index (κ1) is 94.1. The van der Waals surface area contributed by atoms with E-state index >= 15 is 0 Å². The largest absolute Gasteiger partial charge is 0.472 e. The van der Waals surface area contributed by atoms with Gasteiger partial charge in [-0.1, -0.05) is 356 Å².